The van der Waals surface area contributed by atoms with Crippen LogP contribution in [0, 0.1) is 5.82 Å². The summed E-state index contributed by atoms with van der Waals surface area (Å²) >= 11 is 0. The molecule has 0 aliphatic carbocycles. The van der Waals surface area contributed by atoms with Crippen molar-refractivity contribution in [3.63, 3.8) is 0 Å². The Labute approximate surface area is 182 Å². The van der Waals surface area contributed by atoms with Gasteiger partial charge in [0.2, 0.25) is 5.91 Å². The number of rotatable bonds is 6. The van der Waals surface area contributed by atoms with Crippen molar-refractivity contribution in [2.24, 2.45) is 0 Å². The average Bonchev–Trinajstić information content (AvgIpc) is 3.13. The molecule has 0 unspecified atom stereocenters. The lowest BCUT2D eigenvalue weighted by Gasteiger charge is -2.35. The van der Waals surface area contributed by atoms with E-state index in [0.717, 1.165) is 36.8 Å². The molecule has 0 saturated carbocycles. The fourth-order valence-corrected chi connectivity index (χ4v) is 5.94. The predicted molar refractivity (Wildman–Crippen MR) is 119 cm³/mol. The van der Waals surface area contributed by atoms with E-state index in [0.29, 0.717) is 18.5 Å². The summed E-state index contributed by atoms with van der Waals surface area (Å²) in [6.07, 6.45) is 5.32. The maximum atomic E-state index is 13.6. The summed E-state index contributed by atoms with van der Waals surface area (Å²) in [6, 6.07) is 13.6. The largest absolute Gasteiger partial charge is 0.342 e. The van der Waals surface area contributed by atoms with Gasteiger partial charge in [-0.25, -0.2) is 12.8 Å². The Kier molecular flexibility index (Phi) is 6.14. The van der Waals surface area contributed by atoms with Gasteiger partial charge in [0.1, 0.15) is 11.6 Å². The number of hydrogen-bond donors (Lipinski definition) is 0. The van der Waals surface area contributed by atoms with E-state index in [1.165, 1.54) is 12.1 Å². The molecule has 0 N–H and O–H groups in total. The number of para-hydroxylation sites is 1. The molecule has 1 aromatic heterocycles. The maximum absolute atomic E-state index is 13.6. The number of sulfone groups is 1. The zero-order chi connectivity index (χ0) is 22.0. The van der Waals surface area contributed by atoms with Crippen molar-refractivity contribution < 1.29 is 17.6 Å². The molecule has 1 amide bonds. The first-order valence-electron chi connectivity index (χ1n) is 10.7. The van der Waals surface area contributed by atoms with Gasteiger partial charge in [-0.15, -0.1) is 0 Å². The highest BCUT2D eigenvalue weighted by atomic mass is 32.2. The van der Waals surface area contributed by atoms with E-state index in [1.54, 1.807) is 39.9 Å². The normalized spacial score (nSPS) is 17.2. The van der Waals surface area contributed by atoms with Gasteiger partial charge >= 0.3 is 0 Å². The van der Waals surface area contributed by atoms with Crippen molar-refractivity contribution in [2.75, 3.05) is 12.3 Å². The first-order chi connectivity index (χ1) is 14.9. The van der Waals surface area contributed by atoms with Gasteiger partial charge in [-0.3, -0.25) is 4.79 Å². The Morgan fingerprint density at radius 1 is 1.13 bits per heavy atom. The van der Waals surface area contributed by atoms with Crippen molar-refractivity contribution in [1.82, 2.24) is 9.47 Å². The number of hydrogen-bond acceptors (Lipinski definition) is 3. The van der Waals surface area contributed by atoms with Crippen LogP contribution in [0.5, 0.6) is 0 Å². The van der Waals surface area contributed by atoms with Crippen LogP contribution in [0.2, 0.25) is 0 Å². The van der Waals surface area contributed by atoms with Crippen molar-refractivity contribution in [1.29, 1.82) is 0 Å². The molecule has 5 nitrogen and oxygen atoms in total. The molecule has 7 heteroatoms. The third kappa shape index (κ3) is 4.51. The number of halogens is 1. The van der Waals surface area contributed by atoms with Crippen molar-refractivity contribution >= 4 is 26.6 Å². The van der Waals surface area contributed by atoms with Gasteiger partial charge in [-0.1, -0.05) is 37.3 Å². The van der Waals surface area contributed by atoms with Crippen molar-refractivity contribution in [3.8, 4) is 0 Å². The van der Waals surface area contributed by atoms with E-state index in [1.807, 2.05) is 19.1 Å². The molecule has 0 radical (unpaired) electrons. The third-order valence-corrected chi connectivity index (χ3v) is 7.68. The van der Waals surface area contributed by atoms with Gasteiger partial charge in [0, 0.05) is 36.2 Å². The SMILES string of the molecule is CC[C@@H]1CCCCN1C(=O)CS(=O)(=O)c1cn(Cc2cccc(F)c2)c2ccccc12. The Morgan fingerprint density at radius 2 is 1.94 bits per heavy atom. The minimum atomic E-state index is -3.83. The summed E-state index contributed by atoms with van der Waals surface area (Å²) in [4.78, 5) is 14.8. The lowest BCUT2D eigenvalue weighted by atomic mass is 10.0. The standard InChI is InChI=1S/C24H27FN2O3S/c1-2-20-10-5-6-13-27(20)24(28)17-31(29,30)23-16-26(22-12-4-3-11-21(22)23)15-18-8-7-9-19(25)14-18/h3-4,7-9,11-12,14,16,20H,2,5-6,10,13,15,17H2,1H3/t20-/m1/s1. The molecule has 4 rings (SSSR count). The Morgan fingerprint density at radius 3 is 2.71 bits per heavy atom. The van der Waals surface area contributed by atoms with E-state index in [2.05, 4.69) is 0 Å². The molecular weight excluding hydrogens is 415 g/mol. The fraction of sp³-hybridized carbons (Fsp3) is 0.375. The molecule has 1 aliphatic rings. The summed E-state index contributed by atoms with van der Waals surface area (Å²) in [6.45, 7) is 2.99. The Balaban J connectivity index is 1.66. The molecule has 2 aromatic carbocycles. The van der Waals surface area contributed by atoms with Crippen LogP contribution in [0.15, 0.2) is 59.6 Å². The van der Waals surface area contributed by atoms with E-state index < -0.39 is 15.6 Å². The summed E-state index contributed by atoms with van der Waals surface area (Å²) in [5, 5.41) is 0.581. The molecule has 1 saturated heterocycles. The van der Waals surface area contributed by atoms with E-state index >= 15 is 0 Å². The number of likely N-dealkylation sites (tertiary alicyclic amines) is 1. The summed E-state index contributed by atoms with van der Waals surface area (Å²) in [5.41, 5.74) is 1.47. The molecule has 0 bridgehead atoms. The van der Waals surface area contributed by atoms with Gasteiger partial charge in [0.15, 0.2) is 9.84 Å². The highest BCUT2D eigenvalue weighted by Gasteiger charge is 2.31. The van der Waals surface area contributed by atoms with Crippen LogP contribution in [-0.4, -0.2) is 42.1 Å². The molecule has 2 heterocycles. The molecule has 31 heavy (non-hydrogen) atoms. The fourth-order valence-electron chi connectivity index (χ4n) is 4.50. The molecule has 164 valence electrons. The van der Waals surface area contributed by atoms with E-state index in [9.17, 15) is 17.6 Å². The molecule has 1 aliphatic heterocycles. The third-order valence-electron chi connectivity index (χ3n) is 6.06. The molecule has 1 fully saturated rings. The highest BCUT2D eigenvalue weighted by molar-refractivity contribution is 7.92. The number of amides is 1. The lowest BCUT2D eigenvalue weighted by molar-refractivity contribution is -0.132. The number of aromatic nitrogens is 1. The topological polar surface area (TPSA) is 59.4 Å². The molecular formula is C24H27FN2O3S. The second-order valence-corrected chi connectivity index (χ2v) is 10.1. The second-order valence-electron chi connectivity index (χ2n) is 8.17. The quantitative estimate of drug-likeness (QED) is 0.569. The minimum Gasteiger partial charge on any atom is -0.342 e. The van der Waals surface area contributed by atoms with Gasteiger partial charge in [-0.2, -0.15) is 0 Å². The number of nitrogens with zero attached hydrogens (tertiary/aromatic N) is 2. The monoisotopic (exact) mass is 442 g/mol. The van der Waals surface area contributed by atoms with Crippen LogP contribution in [0.4, 0.5) is 4.39 Å². The van der Waals surface area contributed by atoms with Gasteiger partial charge < -0.3 is 9.47 Å². The van der Waals surface area contributed by atoms with Crippen LogP contribution in [0.3, 0.4) is 0 Å². The first-order valence-corrected chi connectivity index (χ1v) is 12.4. The number of carbonyl (C=O) groups is 1. The van der Waals surface area contributed by atoms with Gasteiger partial charge in [0.05, 0.1) is 4.90 Å². The molecule has 3 aromatic rings. The van der Waals surface area contributed by atoms with Crippen LogP contribution in [0.1, 0.15) is 38.2 Å². The van der Waals surface area contributed by atoms with Crippen LogP contribution in [-0.2, 0) is 21.2 Å². The number of benzene rings is 2. The highest BCUT2D eigenvalue weighted by Crippen LogP contribution is 2.28. The summed E-state index contributed by atoms with van der Waals surface area (Å²) < 4.78 is 42.0. The van der Waals surface area contributed by atoms with Crippen LogP contribution in [0.25, 0.3) is 10.9 Å². The smallest absolute Gasteiger partial charge is 0.238 e. The number of carbonyl (C=O) groups excluding carboxylic acids is 1. The zero-order valence-corrected chi connectivity index (χ0v) is 18.4. The zero-order valence-electron chi connectivity index (χ0n) is 17.6. The average molecular weight is 443 g/mol. The second kappa shape index (κ2) is 8.83. The van der Waals surface area contributed by atoms with Gasteiger partial charge in [0.25, 0.3) is 0 Å². The lowest BCUT2D eigenvalue weighted by Crippen LogP contribution is -2.45. The van der Waals surface area contributed by atoms with E-state index in [-0.39, 0.29) is 22.7 Å². The number of fused-ring (bicyclic) bond motifs is 1. The predicted octanol–water partition coefficient (Wildman–Crippen LogP) is 4.39. The van der Waals surface area contributed by atoms with Crippen LogP contribution < -0.4 is 0 Å². The van der Waals surface area contributed by atoms with Crippen molar-refractivity contribution in [3.05, 3.63) is 66.1 Å². The van der Waals surface area contributed by atoms with E-state index in [4.69, 9.17) is 0 Å². The molecule has 0 spiro atoms. The van der Waals surface area contributed by atoms with Crippen LogP contribution >= 0.6 is 0 Å². The summed E-state index contributed by atoms with van der Waals surface area (Å²) in [7, 11) is -3.83. The summed E-state index contributed by atoms with van der Waals surface area (Å²) in [5.74, 6) is -1.19. The Bertz CT molecular complexity index is 1200. The minimum absolute atomic E-state index is 0.116. The maximum Gasteiger partial charge on any atom is 0.238 e. The van der Waals surface area contributed by atoms with Crippen molar-refractivity contribution in [2.45, 2.75) is 50.1 Å². The number of piperidine rings is 1. The Hall–Kier alpha value is -2.67. The first kappa shape index (κ1) is 21.6. The molecule has 1 atom stereocenters. The van der Waals surface area contributed by atoms with Gasteiger partial charge in [-0.05, 0) is 49.4 Å².